The van der Waals surface area contributed by atoms with Crippen LogP contribution < -0.4 is 4.74 Å². The summed E-state index contributed by atoms with van der Waals surface area (Å²) in [6, 6.07) is 4.51. The number of ether oxygens (including phenoxy) is 2. The highest BCUT2D eigenvalue weighted by Gasteiger charge is 2.32. The molecule has 1 aliphatic heterocycles. The van der Waals surface area contributed by atoms with Crippen molar-refractivity contribution in [3.05, 3.63) is 28.2 Å². The second-order valence-electron chi connectivity index (χ2n) is 4.19. The molecule has 2 rings (SSSR count). The largest absolute Gasteiger partial charge is 0.573 e. The SMILES string of the molecule is FC(F)(F)Oc1ccc(Br)cc1CN1CCOCC1. The van der Waals surface area contributed by atoms with Crippen LogP contribution in [0.4, 0.5) is 13.2 Å². The lowest BCUT2D eigenvalue weighted by molar-refractivity contribution is -0.275. The normalized spacial score (nSPS) is 17.5. The fourth-order valence-electron chi connectivity index (χ4n) is 1.90. The zero-order valence-electron chi connectivity index (χ0n) is 10.0. The van der Waals surface area contributed by atoms with Crippen LogP contribution in [-0.2, 0) is 11.3 Å². The van der Waals surface area contributed by atoms with E-state index in [1.807, 2.05) is 4.90 Å². The van der Waals surface area contributed by atoms with Crippen molar-refractivity contribution in [2.75, 3.05) is 26.3 Å². The van der Waals surface area contributed by atoms with Crippen LogP contribution in [-0.4, -0.2) is 37.6 Å². The predicted octanol–water partition coefficient (Wildman–Crippen LogP) is 3.18. The van der Waals surface area contributed by atoms with Crippen LogP contribution >= 0.6 is 15.9 Å². The molecule has 19 heavy (non-hydrogen) atoms. The fourth-order valence-corrected chi connectivity index (χ4v) is 2.30. The van der Waals surface area contributed by atoms with Gasteiger partial charge in [-0.3, -0.25) is 4.90 Å². The molecule has 1 saturated heterocycles. The van der Waals surface area contributed by atoms with Crippen molar-refractivity contribution < 1.29 is 22.6 Å². The van der Waals surface area contributed by atoms with Gasteiger partial charge < -0.3 is 9.47 Å². The number of hydrogen-bond acceptors (Lipinski definition) is 3. The maximum atomic E-state index is 12.3. The fraction of sp³-hybridized carbons (Fsp3) is 0.500. The molecule has 1 aliphatic rings. The van der Waals surface area contributed by atoms with Crippen molar-refractivity contribution in [1.29, 1.82) is 0 Å². The first-order chi connectivity index (χ1) is 8.94. The molecule has 0 amide bonds. The Labute approximate surface area is 117 Å². The van der Waals surface area contributed by atoms with E-state index >= 15 is 0 Å². The standard InChI is InChI=1S/C12H13BrF3NO2/c13-10-1-2-11(19-12(14,15)16)9(7-10)8-17-3-5-18-6-4-17/h1-2,7H,3-6,8H2. The second-order valence-corrected chi connectivity index (χ2v) is 5.10. The molecule has 1 aromatic rings. The maximum absolute atomic E-state index is 12.3. The van der Waals surface area contributed by atoms with Gasteiger partial charge in [-0.25, -0.2) is 0 Å². The van der Waals surface area contributed by atoms with E-state index in [4.69, 9.17) is 4.74 Å². The number of rotatable bonds is 3. The first-order valence-corrected chi connectivity index (χ1v) is 6.57. The molecule has 7 heteroatoms. The monoisotopic (exact) mass is 339 g/mol. The molecule has 0 spiro atoms. The van der Waals surface area contributed by atoms with Crippen molar-refractivity contribution in [2.24, 2.45) is 0 Å². The molecule has 3 nitrogen and oxygen atoms in total. The lowest BCUT2D eigenvalue weighted by Gasteiger charge is -2.27. The van der Waals surface area contributed by atoms with Gasteiger partial charge in [-0.05, 0) is 18.2 Å². The van der Waals surface area contributed by atoms with Crippen molar-refractivity contribution in [1.82, 2.24) is 4.90 Å². The van der Waals surface area contributed by atoms with Gasteiger partial charge in [-0.15, -0.1) is 13.2 Å². The number of nitrogens with zero attached hydrogens (tertiary/aromatic N) is 1. The summed E-state index contributed by atoms with van der Waals surface area (Å²) in [5.74, 6) is -0.151. The summed E-state index contributed by atoms with van der Waals surface area (Å²) < 4.78 is 47.0. The van der Waals surface area contributed by atoms with Crippen molar-refractivity contribution >= 4 is 15.9 Å². The Kier molecular flexibility index (Phi) is 4.70. The van der Waals surface area contributed by atoms with E-state index in [0.29, 0.717) is 38.4 Å². The summed E-state index contributed by atoms with van der Waals surface area (Å²) in [5, 5.41) is 0. The van der Waals surface area contributed by atoms with Gasteiger partial charge in [0.15, 0.2) is 0 Å². The maximum Gasteiger partial charge on any atom is 0.573 e. The van der Waals surface area contributed by atoms with Crippen LogP contribution in [0.15, 0.2) is 22.7 Å². The van der Waals surface area contributed by atoms with Gasteiger partial charge in [-0.2, -0.15) is 0 Å². The zero-order valence-corrected chi connectivity index (χ0v) is 11.6. The zero-order chi connectivity index (χ0) is 13.9. The minimum atomic E-state index is -4.67. The van der Waals surface area contributed by atoms with Gasteiger partial charge in [0, 0.05) is 29.7 Å². The topological polar surface area (TPSA) is 21.7 Å². The predicted molar refractivity (Wildman–Crippen MR) is 66.9 cm³/mol. The van der Waals surface area contributed by atoms with E-state index in [2.05, 4.69) is 20.7 Å². The molecule has 1 fully saturated rings. The lowest BCUT2D eigenvalue weighted by Crippen LogP contribution is -2.35. The molecule has 0 radical (unpaired) electrons. The molecule has 0 aliphatic carbocycles. The van der Waals surface area contributed by atoms with Crippen LogP contribution in [0.5, 0.6) is 5.75 Å². The van der Waals surface area contributed by atoms with Crippen LogP contribution in [0.25, 0.3) is 0 Å². The van der Waals surface area contributed by atoms with Gasteiger partial charge >= 0.3 is 6.36 Å². The minimum absolute atomic E-state index is 0.151. The molecule has 0 bridgehead atoms. The van der Waals surface area contributed by atoms with Gasteiger partial charge in [0.2, 0.25) is 0 Å². The molecular formula is C12H13BrF3NO2. The Morgan fingerprint density at radius 2 is 1.95 bits per heavy atom. The minimum Gasteiger partial charge on any atom is -0.405 e. The van der Waals surface area contributed by atoms with E-state index in [1.165, 1.54) is 12.1 Å². The van der Waals surface area contributed by atoms with Gasteiger partial charge in [0.1, 0.15) is 5.75 Å². The third-order valence-corrected chi connectivity index (χ3v) is 3.24. The van der Waals surface area contributed by atoms with E-state index in [1.54, 1.807) is 6.07 Å². The van der Waals surface area contributed by atoms with Crippen LogP contribution in [0, 0.1) is 0 Å². The van der Waals surface area contributed by atoms with Gasteiger partial charge in [-0.1, -0.05) is 15.9 Å². The highest BCUT2D eigenvalue weighted by Crippen LogP contribution is 2.29. The smallest absolute Gasteiger partial charge is 0.405 e. The molecule has 1 aromatic carbocycles. The first kappa shape index (κ1) is 14.6. The average molecular weight is 340 g/mol. The van der Waals surface area contributed by atoms with Crippen molar-refractivity contribution in [3.8, 4) is 5.75 Å². The third-order valence-electron chi connectivity index (χ3n) is 2.75. The molecule has 106 valence electrons. The number of benzene rings is 1. The molecular weight excluding hydrogens is 327 g/mol. The molecule has 0 unspecified atom stereocenters. The summed E-state index contributed by atoms with van der Waals surface area (Å²) in [6.07, 6.45) is -4.67. The molecule has 0 aromatic heterocycles. The number of hydrogen-bond donors (Lipinski definition) is 0. The average Bonchev–Trinajstić information content (AvgIpc) is 2.32. The lowest BCUT2D eigenvalue weighted by atomic mass is 10.2. The quantitative estimate of drug-likeness (QED) is 0.844. The second kappa shape index (κ2) is 6.11. The summed E-state index contributed by atoms with van der Waals surface area (Å²) in [5.41, 5.74) is 0.508. The van der Waals surface area contributed by atoms with E-state index in [-0.39, 0.29) is 5.75 Å². The van der Waals surface area contributed by atoms with Gasteiger partial charge in [0.05, 0.1) is 13.2 Å². The molecule has 0 N–H and O–H groups in total. The van der Waals surface area contributed by atoms with Crippen molar-refractivity contribution in [3.63, 3.8) is 0 Å². The number of halogens is 4. The Morgan fingerprint density at radius 3 is 2.58 bits per heavy atom. The highest BCUT2D eigenvalue weighted by molar-refractivity contribution is 9.10. The van der Waals surface area contributed by atoms with Crippen molar-refractivity contribution in [2.45, 2.75) is 12.9 Å². The Bertz CT molecular complexity index is 433. The molecule has 0 saturated carbocycles. The van der Waals surface area contributed by atoms with E-state index in [0.717, 1.165) is 4.47 Å². The van der Waals surface area contributed by atoms with Crippen LogP contribution in [0.3, 0.4) is 0 Å². The Balaban J connectivity index is 2.14. The molecule has 1 heterocycles. The Morgan fingerprint density at radius 1 is 1.26 bits per heavy atom. The number of morpholine rings is 1. The summed E-state index contributed by atoms with van der Waals surface area (Å²) in [6.45, 7) is 3.02. The van der Waals surface area contributed by atoms with Crippen LogP contribution in [0.1, 0.15) is 5.56 Å². The highest BCUT2D eigenvalue weighted by atomic mass is 79.9. The van der Waals surface area contributed by atoms with E-state index < -0.39 is 6.36 Å². The summed E-state index contributed by atoms with van der Waals surface area (Å²) in [4.78, 5) is 2.04. The first-order valence-electron chi connectivity index (χ1n) is 5.78. The Hall–Kier alpha value is -0.790. The third kappa shape index (κ3) is 4.67. The molecule has 0 atom stereocenters. The van der Waals surface area contributed by atoms with Gasteiger partial charge in [0.25, 0.3) is 0 Å². The summed E-state index contributed by atoms with van der Waals surface area (Å²) in [7, 11) is 0. The van der Waals surface area contributed by atoms with Crippen LogP contribution in [0.2, 0.25) is 0 Å². The van der Waals surface area contributed by atoms with E-state index in [9.17, 15) is 13.2 Å². The summed E-state index contributed by atoms with van der Waals surface area (Å²) >= 11 is 3.26. The number of alkyl halides is 3.